The van der Waals surface area contributed by atoms with E-state index in [1.807, 2.05) is 12.1 Å². The van der Waals surface area contributed by atoms with Gasteiger partial charge in [0.1, 0.15) is 5.75 Å². The number of hydrogen-bond acceptors (Lipinski definition) is 1. The Morgan fingerprint density at radius 2 is 1.53 bits per heavy atom. The maximum Gasteiger partial charge on any atom is 0.118 e. The first kappa shape index (κ1) is 13.7. The summed E-state index contributed by atoms with van der Waals surface area (Å²) in [6, 6.07) is 8.33. The van der Waals surface area contributed by atoms with Gasteiger partial charge >= 0.3 is 0 Å². The highest BCUT2D eigenvalue weighted by Gasteiger charge is 2.11. The first-order valence-electron chi connectivity index (χ1n) is 6.72. The van der Waals surface area contributed by atoms with E-state index < -0.39 is 0 Å². The van der Waals surface area contributed by atoms with E-state index in [9.17, 15) is 0 Å². The van der Waals surface area contributed by atoms with E-state index in [4.69, 9.17) is 4.74 Å². The van der Waals surface area contributed by atoms with Gasteiger partial charge in [-0.25, -0.2) is 0 Å². The third-order valence-corrected chi connectivity index (χ3v) is 4.10. The van der Waals surface area contributed by atoms with Gasteiger partial charge in [0.2, 0.25) is 0 Å². The highest BCUT2D eigenvalue weighted by atomic mass is 16.5. The standard InChI is InChI=1S/C18H22O/c1-12-10-17(11-13(2)15(4)14(12)3)16-6-8-18(19-5)9-7-16/h6-10H,11H2,1-5H3. The molecule has 1 aliphatic rings. The van der Waals surface area contributed by atoms with Gasteiger partial charge in [0.15, 0.2) is 0 Å². The van der Waals surface area contributed by atoms with E-state index in [1.54, 1.807) is 7.11 Å². The Morgan fingerprint density at radius 1 is 0.895 bits per heavy atom. The van der Waals surface area contributed by atoms with Crippen molar-refractivity contribution in [3.63, 3.8) is 0 Å². The lowest BCUT2D eigenvalue weighted by molar-refractivity contribution is 0.415. The number of benzene rings is 1. The fourth-order valence-corrected chi connectivity index (χ4v) is 2.45. The molecule has 0 aromatic heterocycles. The average Bonchev–Trinajstić information content (AvgIpc) is 2.52. The monoisotopic (exact) mass is 254 g/mol. The summed E-state index contributed by atoms with van der Waals surface area (Å²) in [5, 5.41) is 0. The van der Waals surface area contributed by atoms with E-state index in [-0.39, 0.29) is 0 Å². The van der Waals surface area contributed by atoms with Gasteiger partial charge in [-0.05, 0) is 74.1 Å². The van der Waals surface area contributed by atoms with Crippen LogP contribution in [-0.2, 0) is 0 Å². The van der Waals surface area contributed by atoms with E-state index in [0.29, 0.717) is 0 Å². The fourth-order valence-electron chi connectivity index (χ4n) is 2.45. The van der Waals surface area contributed by atoms with Gasteiger partial charge in [0, 0.05) is 0 Å². The molecule has 2 rings (SSSR count). The van der Waals surface area contributed by atoms with Crippen molar-refractivity contribution in [2.24, 2.45) is 0 Å². The minimum Gasteiger partial charge on any atom is -0.497 e. The van der Waals surface area contributed by atoms with Gasteiger partial charge in [-0.15, -0.1) is 0 Å². The van der Waals surface area contributed by atoms with Crippen LogP contribution < -0.4 is 4.74 Å². The Kier molecular flexibility index (Phi) is 3.94. The Bertz CT molecular complexity index is 568. The predicted molar refractivity (Wildman–Crippen MR) is 82.3 cm³/mol. The Morgan fingerprint density at radius 3 is 2.11 bits per heavy atom. The van der Waals surface area contributed by atoms with E-state index in [1.165, 1.54) is 33.4 Å². The van der Waals surface area contributed by atoms with Gasteiger partial charge in [0.25, 0.3) is 0 Å². The average molecular weight is 254 g/mol. The molecule has 0 radical (unpaired) electrons. The van der Waals surface area contributed by atoms with Crippen molar-refractivity contribution in [2.75, 3.05) is 7.11 Å². The van der Waals surface area contributed by atoms with Gasteiger partial charge in [-0.3, -0.25) is 0 Å². The molecule has 0 atom stereocenters. The van der Waals surface area contributed by atoms with Crippen molar-refractivity contribution in [2.45, 2.75) is 34.1 Å². The van der Waals surface area contributed by atoms with Crippen LogP contribution >= 0.6 is 0 Å². The summed E-state index contributed by atoms with van der Waals surface area (Å²) in [7, 11) is 1.70. The van der Waals surface area contributed by atoms with E-state index in [0.717, 1.165) is 12.2 Å². The third-order valence-electron chi connectivity index (χ3n) is 4.10. The molecule has 0 spiro atoms. The van der Waals surface area contributed by atoms with Crippen molar-refractivity contribution in [3.05, 3.63) is 58.2 Å². The molecule has 0 bridgehead atoms. The number of methoxy groups -OCH3 is 1. The van der Waals surface area contributed by atoms with Crippen LogP contribution in [0.1, 0.15) is 39.7 Å². The first-order chi connectivity index (χ1) is 9.02. The number of hydrogen-bond donors (Lipinski definition) is 0. The number of rotatable bonds is 2. The summed E-state index contributed by atoms with van der Waals surface area (Å²) in [6.45, 7) is 8.86. The molecule has 0 amide bonds. The smallest absolute Gasteiger partial charge is 0.118 e. The maximum atomic E-state index is 5.22. The number of allylic oxidation sites excluding steroid dienone is 6. The molecule has 0 unspecified atom stereocenters. The largest absolute Gasteiger partial charge is 0.497 e. The molecule has 100 valence electrons. The summed E-state index contributed by atoms with van der Waals surface area (Å²) in [5.41, 5.74) is 8.31. The quantitative estimate of drug-likeness (QED) is 0.708. The molecule has 0 saturated heterocycles. The van der Waals surface area contributed by atoms with Crippen LogP contribution in [0.3, 0.4) is 0 Å². The lowest BCUT2D eigenvalue weighted by Crippen LogP contribution is -1.89. The second-order valence-corrected chi connectivity index (χ2v) is 5.29. The molecule has 0 fully saturated rings. The van der Waals surface area contributed by atoms with Crippen LogP contribution in [0.25, 0.3) is 5.57 Å². The molecule has 1 nitrogen and oxygen atoms in total. The molecule has 1 aromatic carbocycles. The zero-order valence-corrected chi connectivity index (χ0v) is 12.5. The summed E-state index contributed by atoms with van der Waals surface area (Å²) in [4.78, 5) is 0. The van der Waals surface area contributed by atoms with Crippen LogP contribution in [0.15, 0.2) is 52.6 Å². The lowest BCUT2D eigenvalue weighted by atomic mass is 9.97. The molecule has 0 aliphatic heterocycles. The zero-order valence-electron chi connectivity index (χ0n) is 12.5. The Hall–Kier alpha value is -1.76. The highest BCUT2D eigenvalue weighted by molar-refractivity contribution is 5.72. The minimum atomic E-state index is 0.907. The van der Waals surface area contributed by atoms with Gasteiger partial charge in [0.05, 0.1) is 7.11 Å². The second kappa shape index (κ2) is 5.48. The third kappa shape index (κ3) is 2.81. The topological polar surface area (TPSA) is 9.23 Å². The van der Waals surface area contributed by atoms with E-state index >= 15 is 0 Å². The normalized spacial score (nSPS) is 16.4. The molecule has 0 heterocycles. The molecule has 1 aromatic rings. The van der Waals surface area contributed by atoms with Gasteiger partial charge < -0.3 is 4.74 Å². The van der Waals surface area contributed by atoms with Crippen molar-refractivity contribution < 1.29 is 4.74 Å². The maximum absolute atomic E-state index is 5.22. The SMILES string of the molecule is COc1ccc(C2=CC(C)=C(C)C(C)=C(C)C2)cc1. The zero-order chi connectivity index (χ0) is 14.0. The van der Waals surface area contributed by atoms with Crippen molar-refractivity contribution >= 4 is 5.57 Å². The Balaban J connectivity index is 2.43. The molecule has 1 heteroatoms. The first-order valence-corrected chi connectivity index (χ1v) is 6.72. The van der Waals surface area contributed by atoms with Crippen molar-refractivity contribution in [1.29, 1.82) is 0 Å². The van der Waals surface area contributed by atoms with Crippen LogP contribution in [0, 0.1) is 0 Å². The van der Waals surface area contributed by atoms with Crippen molar-refractivity contribution in [1.82, 2.24) is 0 Å². The summed E-state index contributed by atoms with van der Waals surface area (Å²) in [6.07, 6.45) is 3.34. The predicted octanol–water partition coefficient (Wildman–Crippen LogP) is 5.16. The van der Waals surface area contributed by atoms with Crippen LogP contribution in [0.2, 0.25) is 0 Å². The van der Waals surface area contributed by atoms with Gasteiger partial charge in [-0.1, -0.05) is 23.8 Å². The Labute approximate surface area is 116 Å². The molecule has 0 N–H and O–H groups in total. The summed E-state index contributed by atoms with van der Waals surface area (Å²) >= 11 is 0. The fraction of sp³-hybridized carbons (Fsp3) is 0.333. The molecule has 1 aliphatic carbocycles. The van der Waals surface area contributed by atoms with E-state index in [2.05, 4.69) is 45.9 Å². The molecular weight excluding hydrogens is 232 g/mol. The lowest BCUT2D eigenvalue weighted by Gasteiger charge is -2.09. The minimum absolute atomic E-state index is 0.907. The highest BCUT2D eigenvalue weighted by Crippen LogP contribution is 2.33. The second-order valence-electron chi connectivity index (χ2n) is 5.29. The molecular formula is C18H22O. The molecule has 19 heavy (non-hydrogen) atoms. The molecule has 0 saturated carbocycles. The summed E-state index contributed by atoms with van der Waals surface area (Å²) in [5.74, 6) is 0.907. The van der Waals surface area contributed by atoms with Crippen LogP contribution in [0.4, 0.5) is 0 Å². The van der Waals surface area contributed by atoms with Crippen LogP contribution in [0.5, 0.6) is 5.75 Å². The summed E-state index contributed by atoms with van der Waals surface area (Å²) < 4.78 is 5.22. The van der Waals surface area contributed by atoms with Gasteiger partial charge in [-0.2, -0.15) is 0 Å². The number of ether oxygens (including phenoxy) is 1. The van der Waals surface area contributed by atoms with Crippen LogP contribution in [-0.4, -0.2) is 7.11 Å². The van der Waals surface area contributed by atoms with Crippen molar-refractivity contribution in [3.8, 4) is 5.75 Å².